The number of ether oxygens (including phenoxy) is 1. The van der Waals surface area contributed by atoms with Crippen molar-refractivity contribution in [2.75, 3.05) is 13.2 Å². The van der Waals surface area contributed by atoms with Gasteiger partial charge in [-0.3, -0.25) is 0 Å². The molecule has 26 heavy (non-hydrogen) atoms. The van der Waals surface area contributed by atoms with Gasteiger partial charge in [0.2, 0.25) is 0 Å². The summed E-state index contributed by atoms with van der Waals surface area (Å²) in [6, 6.07) is 16.2. The third-order valence-electron chi connectivity index (χ3n) is 3.77. The molecule has 0 aliphatic carbocycles. The molecule has 2 amide bonds. The van der Waals surface area contributed by atoms with Crippen molar-refractivity contribution in [2.24, 2.45) is 0 Å². The van der Waals surface area contributed by atoms with Gasteiger partial charge in [-0.1, -0.05) is 42.5 Å². The Labute approximate surface area is 153 Å². The normalized spacial score (nSPS) is 10.3. The first-order valence-electron chi connectivity index (χ1n) is 8.61. The number of nitrogens with one attached hydrogen (secondary N) is 2. The van der Waals surface area contributed by atoms with E-state index in [2.05, 4.69) is 10.6 Å². The average Bonchev–Trinajstić information content (AvgIpc) is 2.66. The van der Waals surface area contributed by atoms with Gasteiger partial charge in [0.1, 0.15) is 0 Å². The van der Waals surface area contributed by atoms with Crippen molar-refractivity contribution < 1.29 is 19.4 Å². The SMILES string of the molecule is O=C(NCCCCOCc1ccccc1)NCc1ccc(C(=O)O)cc1. The quantitative estimate of drug-likeness (QED) is 0.571. The molecule has 2 aromatic rings. The van der Waals surface area contributed by atoms with Crippen molar-refractivity contribution >= 4 is 12.0 Å². The fraction of sp³-hybridized carbons (Fsp3) is 0.300. The van der Waals surface area contributed by atoms with E-state index in [0.29, 0.717) is 26.3 Å². The Hall–Kier alpha value is -2.86. The third kappa shape index (κ3) is 7.36. The van der Waals surface area contributed by atoms with Gasteiger partial charge in [0.25, 0.3) is 0 Å². The highest BCUT2D eigenvalue weighted by Gasteiger charge is 2.03. The van der Waals surface area contributed by atoms with E-state index in [4.69, 9.17) is 9.84 Å². The number of benzene rings is 2. The topological polar surface area (TPSA) is 87.7 Å². The summed E-state index contributed by atoms with van der Waals surface area (Å²) in [6.45, 7) is 2.20. The van der Waals surface area contributed by atoms with Gasteiger partial charge in [-0.15, -0.1) is 0 Å². The molecule has 0 bridgehead atoms. The molecule has 0 unspecified atom stereocenters. The summed E-state index contributed by atoms with van der Waals surface area (Å²) >= 11 is 0. The number of carbonyl (C=O) groups excluding carboxylic acids is 1. The molecule has 0 aromatic heterocycles. The monoisotopic (exact) mass is 356 g/mol. The zero-order valence-corrected chi connectivity index (χ0v) is 14.6. The summed E-state index contributed by atoms with van der Waals surface area (Å²) in [7, 11) is 0. The minimum atomic E-state index is -0.963. The Bertz CT molecular complexity index is 687. The second-order valence-corrected chi connectivity index (χ2v) is 5.86. The zero-order valence-electron chi connectivity index (χ0n) is 14.6. The number of unbranched alkanes of at least 4 members (excludes halogenated alkanes) is 1. The molecule has 6 nitrogen and oxygen atoms in total. The van der Waals surface area contributed by atoms with Crippen LogP contribution in [0.1, 0.15) is 34.3 Å². The molecule has 0 heterocycles. The van der Waals surface area contributed by atoms with Crippen molar-refractivity contribution in [3.8, 4) is 0 Å². The number of hydrogen-bond donors (Lipinski definition) is 3. The summed E-state index contributed by atoms with van der Waals surface area (Å²) in [4.78, 5) is 22.5. The van der Waals surface area contributed by atoms with Gasteiger partial charge in [-0.25, -0.2) is 9.59 Å². The van der Waals surface area contributed by atoms with E-state index >= 15 is 0 Å². The molecule has 138 valence electrons. The molecule has 0 aliphatic rings. The first kappa shape index (κ1) is 19.5. The van der Waals surface area contributed by atoms with Crippen molar-refractivity contribution in [3.05, 3.63) is 71.3 Å². The van der Waals surface area contributed by atoms with E-state index in [1.54, 1.807) is 12.1 Å². The van der Waals surface area contributed by atoms with Crippen LogP contribution in [0.2, 0.25) is 0 Å². The van der Waals surface area contributed by atoms with Crippen LogP contribution in [0.4, 0.5) is 4.79 Å². The molecule has 0 spiro atoms. The summed E-state index contributed by atoms with van der Waals surface area (Å²) < 4.78 is 5.59. The molecule has 0 aliphatic heterocycles. The Kier molecular flexibility index (Phi) is 8.15. The molecular weight excluding hydrogens is 332 g/mol. The second-order valence-electron chi connectivity index (χ2n) is 5.86. The number of hydrogen-bond acceptors (Lipinski definition) is 3. The zero-order chi connectivity index (χ0) is 18.6. The highest BCUT2D eigenvalue weighted by molar-refractivity contribution is 5.87. The van der Waals surface area contributed by atoms with Crippen LogP contribution < -0.4 is 10.6 Å². The van der Waals surface area contributed by atoms with E-state index in [0.717, 1.165) is 24.0 Å². The van der Waals surface area contributed by atoms with Crippen LogP contribution >= 0.6 is 0 Å². The molecule has 6 heteroatoms. The Balaban J connectivity index is 1.50. The maximum atomic E-state index is 11.7. The third-order valence-corrected chi connectivity index (χ3v) is 3.77. The van der Waals surface area contributed by atoms with E-state index in [-0.39, 0.29) is 11.6 Å². The highest BCUT2D eigenvalue weighted by atomic mass is 16.5. The van der Waals surface area contributed by atoms with Gasteiger partial charge < -0.3 is 20.5 Å². The Morgan fingerprint density at radius 1 is 0.885 bits per heavy atom. The van der Waals surface area contributed by atoms with Gasteiger partial charge in [0.15, 0.2) is 0 Å². The van der Waals surface area contributed by atoms with Gasteiger partial charge in [0.05, 0.1) is 12.2 Å². The van der Waals surface area contributed by atoms with E-state index in [9.17, 15) is 9.59 Å². The summed E-state index contributed by atoms with van der Waals surface area (Å²) in [5, 5.41) is 14.4. The molecule has 0 atom stereocenters. The largest absolute Gasteiger partial charge is 0.478 e. The average molecular weight is 356 g/mol. The second kappa shape index (κ2) is 10.9. The fourth-order valence-electron chi connectivity index (χ4n) is 2.31. The molecular formula is C20H24N2O4. The minimum Gasteiger partial charge on any atom is -0.478 e. The van der Waals surface area contributed by atoms with Crippen LogP contribution in [0.3, 0.4) is 0 Å². The van der Waals surface area contributed by atoms with Crippen LogP contribution in [-0.2, 0) is 17.9 Å². The first-order valence-corrected chi connectivity index (χ1v) is 8.61. The number of carboxylic acids is 1. The molecule has 2 aromatic carbocycles. The van der Waals surface area contributed by atoms with Crippen molar-refractivity contribution in [1.29, 1.82) is 0 Å². The highest BCUT2D eigenvalue weighted by Crippen LogP contribution is 2.04. The van der Waals surface area contributed by atoms with Gasteiger partial charge in [0, 0.05) is 19.7 Å². The molecule has 2 rings (SSSR count). The van der Waals surface area contributed by atoms with E-state index in [1.165, 1.54) is 12.1 Å². The lowest BCUT2D eigenvalue weighted by atomic mass is 10.1. The van der Waals surface area contributed by atoms with Crippen molar-refractivity contribution in [3.63, 3.8) is 0 Å². The minimum absolute atomic E-state index is 0.229. The van der Waals surface area contributed by atoms with Crippen LogP contribution in [-0.4, -0.2) is 30.3 Å². The fourth-order valence-corrected chi connectivity index (χ4v) is 2.31. The predicted molar refractivity (Wildman–Crippen MR) is 99.0 cm³/mol. The maximum Gasteiger partial charge on any atom is 0.335 e. The lowest BCUT2D eigenvalue weighted by molar-refractivity contribution is 0.0697. The number of amides is 2. The van der Waals surface area contributed by atoms with Gasteiger partial charge >= 0.3 is 12.0 Å². The molecule has 0 saturated heterocycles. The standard InChI is InChI=1S/C20H24N2O4/c23-19(24)18-10-8-16(9-11-18)14-22-20(25)21-12-4-5-13-26-15-17-6-2-1-3-7-17/h1-3,6-11H,4-5,12-15H2,(H,23,24)(H2,21,22,25). The van der Waals surface area contributed by atoms with Crippen LogP contribution in [0.25, 0.3) is 0 Å². The van der Waals surface area contributed by atoms with Crippen LogP contribution in [0.15, 0.2) is 54.6 Å². The molecule has 0 fully saturated rings. The summed E-state index contributed by atoms with van der Waals surface area (Å²) in [5.74, 6) is -0.963. The lowest BCUT2D eigenvalue weighted by Crippen LogP contribution is -2.35. The number of carbonyl (C=O) groups is 2. The summed E-state index contributed by atoms with van der Waals surface area (Å²) in [5.41, 5.74) is 2.23. The van der Waals surface area contributed by atoms with Crippen molar-refractivity contribution in [2.45, 2.75) is 26.0 Å². The van der Waals surface area contributed by atoms with E-state index < -0.39 is 5.97 Å². The number of carboxylic acid groups (broad SMARTS) is 1. The lowest BCUT2D eigenvalue weighted by Gasteiger charge is -2.08. The Morgan fingerprint density at radius 2 is 1.62 bits per heavy atom. The predicted octanol–water partition coefficient (Wildman–Crippen LogP) is 3.18. The first-order chi connectivity index (χ1) is 12.6. The number of rotatable bonds is 10. The summed E-state index contributed by atoms with van der Waals surface area (Å²) in [6.07, 6.45) is 1.72. The molecule has 3 N–H and O–H groups in total. The van der Waals surface area contributed by atoms with Crippen LogP contribution in [0, 0.1) is 0 Å². The van der Waals surface area contributed by atoms with Gasteiger partial charge in [-0.05, 0) is 36.1 Å². The maximum absolute atomic E-state index is 11.7. The van der Waals surface area contributed by atoms with Crippen molar-refractivity contribution in [1.82, 2.24) is 10.6 Å². The van der Waals surface area contributed by atoms with Crippen LogP contribution in [0.5, 0.6) is 0 Å². The smallest absolute Gasteiger partial charge is 0.335 e. The molecule has 0 saturated carbocycles. The molecule has 0 radical (unpaired) electrons. The Morgan fingerprint density at radius 3 is 2.31 bits per heavy atom. The number of urea groups is 1. The van der Waals surface area contributed by atoms with Gasteiger partial charge in [-0.2, -0.15) is 0 Å². The van der Waals surface area contributed by atoms with E-state index in [1.807, 2.05) is 30.3 Å². The number of aromatic carboxylic acids is 1.